The molecular weight excluding hydrogens is 354 g/mol. The van der Waals surface area contributed by atoms with E-state index in [9.17, 15) is 19.7 Å². The van der Waals surface area contributed by atoms with Gasteiger partial charge in [0.15, 0.2) is 0 Å². The molecule has 9 heteroatoms. The van der Waals surface area contributed by atoms with Crippen LogP contribution in [0.3, 0.4) is 0 Å². The van der Waals surface area contributed by atoms with Gasteiger partial charge in [0.05, 0.1) is 19.8 Å². The molecule has 0 atom stereocenters. The lowest BCUT2D eigenvalue weighted by Gasteiger charge is -2.08. The number of hydrogen-bond donors (Lipinski definition) is 0. The summed E-state index contributed by atoms with van der Waals surface area (Å²) < 4.78 is 11.2. The summed E-state index contributed by atoms with van der Waals surface area (Å²) in [6.45, 7) is 3.53. The standard InChI is InChI=1S/C18H19N3O6/c1-3-26-17(22)14(18(23)27-4-2)10-15-16(21(24)25)19-12-20(15)11-13-8-6-5-7-9-13/h5-10,12H,3-4,11H2,1-2H3. The highest BCUT2D eigenvalue weighted by atomic mass is 16.6. The number of nitro groups is 1. The zero-order valence-corrected chi connectivity index (χ0v) is 15.0. The third-order valence-electron chi connectivity index (χ3n) is 3.50. The second-order valence-corrected chi connectivity index (χ2v) is 5.32. The van der Waals surface area contributed by atoms with Crippen LogP contribution in [0.25, 0.3) is 6.08 Å². The third kappa shape index (κ3) is 5.00. The van der Waals surface area contributed by atoms with Crippen molar-refractivity contribution in [1.29, 1.82) is 0 Å². The molecule has 0 unspecified atom stereocenters. The van der Waals surface area contributed by atoms with Gasteiger partial charge in [-0.15, -0.1) is 0 Å². The molecule has 1 aromatic carbocycles. The SMILES string of the molecule is CCOC(=O)C(=Cc1c([N+](=O)[O-])ncn1Cc1ccccc1)C(=O)OCC. The van der Waals surface area contributed by atoms with E-state index in [4.69, 9.17) is 9.47 Å². The molecule has 0 aliphatic rings. The van der Waals surface area contributed by atoms with Gasteiger partial charge >= 0.3 is 17.8 Å². The summed E-state index contributed by atoms with van der Waals surface area (Å²) in [6, 6.07) is 9.20. The van der Waals surface area contributed by atoms with E-state index in [0.29, 0.717) is 0 Å². The fraction of sp³-hybridized carbons (Fsp3) is 0.278. The van der Waals surface area contributed by atoms with E-state index in [1.54, 1.807) is 13.8 Å². The molecule has 9 nitrogen and oxygen atoms in total. The van der Waals surface area contributed by atoms with E-state index >= 15 is 0 Å². The van der Waals surface area contributed by atoms with E-state index in [1.807, 2.05) is 30.3 Å². The Bertz CT molecular complexity index is 837. The van der Waals surface area contributed by atoms with Crippen LogP contribution < -0.4 is 0 Å². The number of carbonyl (C=O) groups is 2. The molecule has 0 radical (unpaired) electrons. The highest BCUT2D eigenvalue weighted by Gasteiger charge is 2.26. The summed E-state index contributed by atoms with van der Waals surface area (Å²) in [7, 11) is 0. The van der Waals surface area contributed by atoms with Crippen molar-refractivity contribution in [3.63, 3.8) is 0 Å². The minimum Gasteiger partial charge on any atom is -0.462 e. The first-order valence-corrected chi connectivity index (χ1v) is 8.27. The molecule has 0 saturated carbocycles. The molecule has 0 aliphatic heterocycles. The molecule has 0 fully saturated rings. The molecular formula is C18H19N3O6. The lowest BCUT2D eigenvalue weighted by molar-refractivity contribution is -0.389. The molecule has 1 aromatic heterocycles. The third-order valence-corrected chi connectivity index (χ3v) is 3.50. The highest BCUT2D eigenvalue weighted by Crippen LogP contribution is 2.22. The van der Waals surface area contributed by atoms with Crippen molar-refractivity contribution in [2.75, 3.05) is 13.2 Å². The lowest BCUT2D eigenvalue weighted by atomic mass is 10.2. The van der Waals surface area contributed by atoms with Crippen LogP contribution in [0.1, 0.15) is 25.1 Å². The van der Waals surface area contributed by atoms with Crippen LogP contribution >= 0.6 is 0 Å². The van der Waals surface area contributed by atoms with Gasteiger partial charge in [-0.2, -0.15) is 0 Å². The number of aromatic nitrogens is 2. The predicted octanol–water partition coefficient (Wildman–Crippen LogP) is 2.35. The van der Waals surface area contributed by atoms with Crippen molar-refractivity contribution in [3.05, 3.63) is 63.6 Å². The fourth-order valence-corrected chi connectivity index (χ4v) is 2.33. The highest BCUT2D eigenvalue weighted by molar-refractivity contribution is 6.17. The van der Waals surface area contributed by atoms with Crippen molar-refractivity contribution in [2.45, 2.75) is 20.4 Å². The minimum atomic E-state index is -0.919. The van der Waals surface area contributed by atoms with E-state index in [0.717, 1.165) is 11.6 Å². The summed E-state index contributed by atoms with van der Waals surface area (Å²) in [5.41, 5.74) is 0.435. The van der Waals surface area contributed by atoms with Crippen molar-refractivity contribution >= 4 is 23.8 Å². The van der Waals surface area contributed by atoms with E-state index in [-0.39, 0.29) is 25.5 Å². The topological polar surface area (TPSA) is 114 Å². The molecule has 2 aromatic rings. The number of ether oxygens (including phenoxy) is 2. The fourth-order valence-electron chi connectivity index (χ4n) is 2.33. The quantitative estimate of drug-likeness (QED) is 0.174. The number of carbonyl (C=O) groups excluding carboxylic acids is 2. The molecule has 27 heavy (non-hydrogen) atoms. The molecule has 0 amide bonds. The van der Waals surface area contributed by atoms with Gasteiger partial charge in [0.1, 0.15) is 11.3 Å². The first kappa shape index (κ1) is 19.8. The summed E-state index contributed by atoms with van der Waals surface area (Å²) in [5, 5.41) is 11.3. The van der Waals surface area contributed by atoms with Gasteiger partial charge in [0, 0.05) is 0 Å². The Balaban J connectivity index is 2.52. The Morgan fingerprint density at radius 3 is 2.26 bits per heavy atom. The lowest BCUT2D eigenvalue weighted by Crippen LogP contribution is -2.18. The van der Waals surface area contributed by atoms with Crippen LogP contribution in [0.4, 0.5) is 5.82 Å². The second-order valence-electron chi connectivity index (χ2n) is 5.32. The maximum absolute atomic E-state index is 12.1. The Labute approximate surface area is 155 Å². The number of hydrogen-bond acceptors (Lipinski definition) is 7. The minimum absolute atomic E-state index is 0.0000378. The summed E-state index contributed by atoms with van der Waals surface area (Å²) >= 11 is 0. The van der Waals surface area contributed by atoms with Gasteiger partial charge < -0.3 is 19.6 Å². The van der Waals surface area contributed by atoms with Crippen LogP contribution in [-0.4, -0.2) is 39.6 Å². The summed E-state index contributed by atoms with van der Waals surface area (Å²) in [4.78, 5) is 38.7. The molecule has 0 aliphatic carbocycles. The molecule has 0 bridgehead atoms. The average Bonchev–Trinajstić information content (AvgIpc) is 3.03. The van der Waals surface area contributed by atoms with E-state index < -0.39 is 28.3 Å². The van der Waals surface area contributed by atoms with E-state index in [1.165, 1.54) is 10.9 Å². The molecule has 2 rings (SSSR count). The van der Waals surface area contributed by atoms with Gasteiger partial charge in [-0.25, -0.2) is 9.59 Å². The number of nitrogens with zero attached hydrogens (tertiary/aromatic N) is 3. The first-order chi connectivity index (χ1) is 13.0. The monoisotopic (exact) mass is 373 g/mol. The average molecular weight is 373 g/mol. The largest absolute Gasteiger partial charge is 0.462 e. The van der Waals surface area contributed by atoms with Gasteiger partial charge in [0.2, 0.25) is 6.33 Å². The number of rotatable bonds is 8. The second kappa shape index (κ2) is 9.27. The van der Waals surface area contributed by atoms with Gasteiger partial charge in [0.25, 0.3) is 0 Å². The Kier molecular flexibility index (Phi) is 6.81. The smallest absolute Gasteiger partial charge is 0.389 e. The molecule has 1 heterocycles. The number of benzene rings is 1. The van der Waals surface area contributed by atoms with Gasteiger partial charge in [-0.05, 0) is 35.4 Å². The summed E-state index contributed by atoms with van der Waals surface area (Å²) in [5.74, 6) is -2.31. The van der Waals surface area contributed by atoms with Crippen LogP contribution in [-0.2, 0) is 25.6 Å². The Morgan fingerprint density at radius 1 is 1.15 bits per heavy atom. The van der Waals surface area contributed by atoms with Crippen LogP contribution in [0.5, 0.6) is 0 Å². The Hall–Kier alpha value is -3.49. The molecule has 0 N–H and O–H groups in total. The van der Waals surface area contributed by atoms with E-state index in [2.05, 4.69) is 4.98 Å². The maximum Gasteiger partial charge on any atom is 0.389 e. The Morgan fingerprint density at radius 2 is 1.74 bits per heavy atom. The molecule has 0 spiro atoms. The van der Waals surface area contributed by atoms with Crippen molar-refractivity contribution < 1.29 is 24.0 Å². The van der Waals surface area contributed by atoms with Crippen LogP contribution in [0, 0.1) is 10.1 Å². The van der Waals surface area contributed by atoms with Crippen LogP contribution in [0.2, 0.25) is 0 Å². The van der Waals surface area contributed by atoms with Crippen molar-refractivity contribution in [2.24, 2.45) is 0 Å². The van der Waals surface area contributed by atoms with Crippen molar-refractivity contribution in [3.8, 4) is 0 Å². The predicted molar refractivity (Wildman–Crippen MR) is 95.7 cm³/mol. The normalized spacial score (nSPS) is 10.1. The van der Waals surface area contributed by atoms with Gasteiger partial charge in [-0.1, -0.05) is 30.3 Å². The number of esters is 2. The van der Waals surface area contributed by atoms with Gasteiger partial charge in [-0.3, -0.25) is 4.57 Å². The molecule has 0 saturated heterocycles. The summed E-state index contributed by atoms with van der Waals surface area (Å²) in [6.07, 6.45) is 2.37. The molecule has 142 valence electrons. The first-order valence-electron chi connectivity index (χ1n) is 8.27. The number of imidazole rings is 1. The van der Waals surface area contributed by atoms with Crippen molar-refractivity contribution in [1.82, 2.24) is 9.55 Å². The zero-order chi connectivity index (χ0) is 19.8. The zero-order valence-electron chi connectivity index (χ0n) is 15.0. The van der Waals surface area contributed by atoms with Crippen LogP contribution in [0.15, 0.2) is 42.2 Å². The maximum atomic E-state index is 12.1.